The fourth-order valence-corrected chi connectivity index (χ4v) is 3.60. The second-order valence-corrected chi connectivity index (χ2v) is 6.35. The highest BCUT2D eigenvalue weighted by Gasteiger charge is 2.23. The van der Waals surface area contributed by atoms with E-state index in [2.05, 4.69) is 36.2 Å². The summed E-state index contributed by atoms with van der Waals surface area (Å²) >= 11 is 0. The molecule has 7 nitrogen and oxygen atoms in total. The van der Waals surface area contributed by atoms with E-state index in [0.29, 0.717) is 12.6 Å². The minimum absolute atomic E-state index is 0.173. The SMILES string of the molecule is OCCN[C@H]1CCCN(c2ccnc3[nH]cc(-c4cncnc4)c23)C1. The molecule has 1 aliphatic heterocycles. The van der Waals surface area contributed by atoms with E-state index in [1.54, 1.807) is 6.33 Å². The lowest BCUT2D eigenvalue weighted by atomic mass is 10.0. The van der Waals surface area contributed by atoms with Gasteiger partial charge >= 0.3 is 0 Å². The predicted molar refractivity (Wildman–Crippen MR) is 97.4 cm³/mol. The molecule has 3 N–H and O–H groups in total. The molecule has 0 spiro atoms. The summed E-state index contributed by atoms with van der Waals surface area (Å²) in [6.07, 6.45) is 11.3. The summed E-state index contributed by atoms with van der Waals surface area (Å²) in [5.74, 6) is 0. The summed E-state index contributed by atoms with van der Waals surface area (Å²) in [6, 6.07) is 2.48. The van der Waals surface area contributed by atoms with Crippen molar-refractivity contribution >= 4 is 16.7 Å². The van der Waals surface area contributed by atoms with Gasteiger partial charge in [-0.3, -0.25) is 0 Å². The Morgan fingerprint density at radius 1 is 1.32 bits per heavy atom. The molecule has 3 aromatic heterocycles. The maximum Gasteiger partial charge on any atom is 0.139 e. The molecule has 0 aliphatic carbocycles. The molecule has 7 heteroatoms. The number of pyridine rings is 1. The van der Waals surface area contributed by atoms with Gasteiger partial charge in [-0.1, -0.05) is 0 Å². The minimum Gasteiger partial charge on any atom is -0.395 e. The van der Waals surface area contributed by atoms with Crippen molar-refractivity contribution in [3.05, 3.63) is 37.2 Å². The lowest BCUT2D eigenvalue weighted by Gasteiger charge is -2.35. The fourth-order valence-electron chi connectivity index (χ4n) is 3.60. The highest BCUT2D eigenvalue weighted by molar-refractivity contribution is 6.02. The summed E-state index contributed by atoms with van der Waals surface area (Å²) in [5, 5.41) is 13.6. The Hall–Kier alpha value is -2.51. The number of anilines is 1. The third kappa shape index (κ3) is 3.20. The standard InChI is InChI=1S/C18H22N6O/c25-7-5-21-14-2-1-6-24(11-14)16-3-4-22-18-17(16)15(10-23-18)13-8-19-12-20-9-13/h3-4,8-10,12,14,21,25H,1-2,5-7,11H2,(H,22,23)/t14-/m0/s1. The Balaban J connectivity index is 1.71. The van der Waals surface area contributed by atoms with Crippen molar-refractivity contribution in [2.45, 2.75) is 18.9 Å². The largest absolute Gasteiger partial charge is 0.395 e. The molecule has 0 amide bonds. The predicted octanol–water partition coefficient (Wildman–Crippen LogP) is 1.57. The highest BCUT2D eigenvalue weighted by Crippen LogP contribution is 2.35. The zero-order valence-electron chi connectivity index (χ0n) is 14.0. The Labute approximate surface area is 146 Å². The van der Waals surface area contributed by atoms with Crippen molar-refractivity contribution in [3.8, 4) is 11.1 Å². The Kier molecular flexibility index (Phi) is 4.58. The normalized spacial score (nSPS) is 18.0. The van der Waals surface area contributed by atoms with E-state index in [0.717, 1.165) is 48.1 Å². The van der Waals surface area contributed by atoms with E-state index < -0.39 is 0 Å². The molecule has 1 saturated heterocycles. The van der Waals surface area contributed by atoms with E-state index in [9.17, 15) is 0 Å². The lowest BCUT2D eigenvalue weighted by molar-refractivity contribution is 0.278. The highest BCUT2D eigenvalue weighted by atomic mass is 16.3. The molecule has 0 saturated carbocycles. The summed E-state index contributed by atoms with van der Waals surface area (Å²) in [5.41, 5.74) is 4.11. The van der Waals surface area contributed by atoms with Gasteiger partial charge in [0.05, 0.1) is 12.0 Å². The monoisotopic (exact) mass is 338 g/mol. The minimum atomic E-state index is 0.173. The first-order valence-electron chi connectivity index (χ1n) is 8.67. The number of nitrogens with zero attached hydrogens (tertiary/aromatic N) is 4. The molecule has 0 bridgehead atoms. The number of aliphatic hydroxyl groups excluding tert-OH is 1. The summed E-state index contributed by atoms with van der Waals surface area (Å²) < 4.78 is 0. The number of aliphatic hydroxyl groups is 1. The van der Waals surface area contributed by atoms with Crippen LogP contribution in [-0.2, 0) is 0 Å². The first-order chi connectivity index (χ1) is 12.4. The molecule has 0 aromatic carbocycles. The number of H-pyrrole nitrogens is 1. The van der Waals surface area contributed by atoms with Crippen molar-refractivity contribution in [3.63, 3.8) is 0 Å². The van der Waals surface area contributed by atoms with E-state index in [-0.39, 0.29) is 6.61 Å². The van der Waals surface area contributed by atoms with Gasteiger partial charge in [0, 0.05) is 67.3 Å². The zero-order chi connectivity index (χ0) is 17.1. The van der Waals surface area contributed by atoms with Gasteiger partial charge in [-0.2, -0.15) is 0 Å². The number of aromatic nitrogens is 4. The number of fused-ring (bicyclic) bond motifs is 1. The van der Waals surface area contributed by atoms with Gasteiger partial charge in [0.25, 0.3) is 0 Å². The van der Waals surface area contributed by atoms with Crippen LogP contribution in [0.15, 0.2) is 37.2 Å². The van der Waals surface area contributed by atoms with E-state index in [4.69, 9.17) is 5.11 Å². The van der Waals surface area contributed by atoms with Crippen LogP contribution in [0.2, 0.25) is 0 Å². The van der Waals surface area contributed by atoms with E-state index in [1.165, 1.54) is 5.69 Å². The van der Waals surface area contributed by atoms with Crippen LogP contribution in [-0.4, -0.2) is 57.3 Å². The number of nitrogens with one attached hydrogen (secondary N) is 2. The van der Waals surface area contributed by atoms with Crippen molar-refractivity contribution in [1.29, 1.82) is 0 Å². The molecule has 130 valence electrons. The van der Waals surface area contributed by atoms with Gasteiger partial charge in [-0.25, -0.2) is 15.0 Å². The van der Waals surface area contributed by atoms with E-state index in [1.807, 2.05) is 24.8 Å². The van der Waals surface area contributed by atoms with Crippen LogP contribution in [0.25, 0.3) is 22.2 Å². The first-order valence-corrected chi connectivity index (χ1v) is 8.67. The molecular weight excluding hydrogens is 316 g/mol. The van der Waals surface area contributed by atoms with Crippen LogP contribution in [0.3, 0.4) is 0 Å². The van der Waals surface area contributed by atoms with Gasteiger partial charge in [0.1, 0.15) is 12.0 Å². The second kappa shape index (κ2) is 7.16. The van der Waals surface area contributed by atoms with Gasteiger partial charge in [-0.05, 0) is 18.9 Å². The van der Waals surface area contributed by atoms with Crippen molar-refractivity contribution in [2.75, 3.05) is 31.1 Å². The molecule has 1 fully saturated rings. The molecule has 0 radical (unpaired) electrons. The molecule has 1 aliphatic rings. The smallest absolute Gasteiger partial charge is 0.139 e. The lowest BCUT2D eigenvalue weighted by Crippen LogP contribution is -2.46. The molecule has 4 rings (SSSR count). The molecule has 0 unspecified atom stereocenters. The maximum absolute atomic E-state index is 9.06. The summed E-state index contributed by atoms with van der Waals surface area (Å²) in [6.45, 7) is 2.76. The maximum atomic E-state index is 9.06. The fraction of sp³-hybridized carbons (Fsp3) is 0.389. The molecular formula is C18H22N6O. The number of piperidine rings is 1. The average molecular weight is 338 g/mol. The summed E-state index contributed by atoms with van der Waals surface area (Å²) in [4.78, 5) is 18.4. The van der Waals surface area contributed by atoms with E-state index >= 15 is 0 Å². The number of aromatic amines is 1. The number of hydrogen-bond acceptors (Lipinski definition) is 6. The quantitative estimate of drug-likeness (QED) is 0.654. The van der Waals surface area contributed by atoms with Crippen molar-refractivity contribution in [2.24, 2.45) is 0 Å². The van der Waals surface area contributed by atoms with Crippen LogP contribution < -0.4 is 10.2 Å². The van der Waals surface area contributed by atoms with Gasteiger partial charge < -0.3 is 20.3 Å². The van der Waals surface area contributed by atoms with Crippen molar-refractivity contribution < 1.29 is 5.11 Å². The summed E-state index contributed by atoms with van der Waals surface area (Å²) in [7, 11) is 0. The molecule has 3 aromatic rings. The third-order valence-corrected chi connectivity index (χ3v) is 4.73. The van der Waals surface area contributed by atoms with Gasteiger partial charge in [0.15, 0.2) is 0 Å². The average Bonchev–Trinajstić information content (AvgIpc) is 3.11. The Bertz CT molecular complexity index is 834. The van der Waals surface area contributed by atoms with Gasteiger partial charge in [0.2, 0.25) is 0 Å². The third-order valence-electron chi connectivity index (χ3n) is 4.73. The molecule has 4 heterocycles. The van der Waals surface area contributed by atoms with Gasteiger partial charge in [-0.15, -0.1) is 0 Å². The van der Waals surface area contributed by atoms with Crippen LogP contribution >= 0.6 is 0 Å². The van der Waals surface area contributed by atoms with Crippen LogP contribution in [0.5, 0.6) is 0 Å². The number of rotatable bonds is 5. The Morgan fingerprint density at radius 3 is 3.04 bits per heavy atom. The van der Waals surface area contributed by atoms with Crippen LogP contribution in [0.4, 0.5) is 5.69 Å². The second-order valence-electron chi connectivity index (χ2n) is 6.35. The Morgan fingerprint density at radius 2 is 2.20 bits per heavy atom. The molecule has 25 heavy (non-hydrogen) atoms. The van der Waals surface area contributed by atoms with Crippen molar-refractivity contribution in [1.82, 2.24) is 25.3 Å². The molecule has 1 atom stereocenters. The topological polar surface area (TPSA) is 90.0 Å². The zero-order valence-corrected chi connectivity index (χ0v) is 14.0. The van der Waals surface area contributed by atoms with Crippen LogP contribution in [0.1, 0.15) is 12.8 Å². The van der Waals surface area contributed by atoms with Crippen LogP contribution in [0, 0.1) is 0 Å². The number of hydrogen-bond donors (Lipinski definition) is 3. The first kappa shape index (κ1) is 16.0.